The highest BCUT2D eigenvalue weighted by molar-refractivity contribution is 7.80. The van der Waals surface area contributed by atoms with Crippen molar-refractivity contribution in [3.05, 3.63) is 0 Å². The molecule has 0 aromatic rings. The quantitative estimate of drug-likeness (QED) is 0.0753. The van der Waals surface area contributed by atoms with E-state index < -0.39 is 0 Å². The summed E-state index contributed by atoms with van der Waals surface area (Å²) in [6.45, 7) is 19.7. The van der Waals surface area contributed by atoms with Gasteiger partial charge in [-0.05, 0) is 25.7 Å². The molecule has 6 heteroatoms. The Morgan fingerprint density at radius 1 is 0.421 bits per heavy atom. The molecule has 0 saturated heterocycles. The molecular weight excluding hydrogens is 508 g/mol. The van der Waals surface area contributed by atoms with Gasteiger partial charge in [-0.25, -0.2) is 0 Å². The fraction of sp³-hybridized carbons (Fsp3) is 0.938. The third-order valence-electron chi connectivity index (χ3n) is 6.61. The van der Waals surface area contributed by atoms with E-state index in [1.54, 1.807) is 0 Å². The summed E-state index contributed by atoms with van der Waals surface area (Å²) in [5.41, 5.74) is 0. The Morgan fingerprint density at radius 2 is 0.684 bits per heavy atom. The van der Waals surface area contributed by atoms with Crippen molar-refractivity contribution in [2.24, 2.45) is 0 Å². The fourth-order valence-corrected chi connectivity index (χ4v) is 4.48. The molecule has 228 valence electrons. The molecule has 0 aromatic carbocycles. The minimum absolute atomic E-state index is 0.510. The van der Waals surface area contributed by atoms with Crippen LogP contribution in [-0.2, 0) is 9.47 Å². The Labute approximate surface area is 250 Å². The van der Waals surface area contributed by atoms with Crippen LogP contribution in [0.3, 0.4) is 0 Å². The average molecular weight is 575 g/mol. The molecule has 0 aliphatic heterocycles. The highest BCUT2D eigenvalue weighted by Gasteiger charge is 2.10. The molecule has 0 spiro atoms. The first-order valence-electron chi connectivity index (χ1n) is 16.2. The number of unbranched alkanes of at least 4 members (excludes halogenated alkanes) is 11. The number of hydrogen-bond donors (Lipinski definition) is 0. The third-order valence-corrected chi connectivity index (χ3v) is 7.36. The van der Waals surface area contributed by atoms with Gasteiger partial charge >= 0.3 is 0 Å². The summed E-state index contributed by atoms with van der Waals surface area (Å²) in [5.74, 6) is 0. The predicted octanol–water partition coefficient (Wildman–Crippen LogP) is 9.63. The molecule has 0 radical (unpaired) electrons. The smallest absolute Gasteiger partial charge is 0.104 e. The summed E-state index contributed by atoms with van der Waals surface area (Å²) in [7, 11) is 0. The Balaban J connectivity index is 0. The zero-order valence-corrected chi connectivity index (χ0v) is 28.1. The largest absolute Gasteiger partial charge is 0.372 e. The van der Waals surface area contributed by atoms with Crippen molar-refractivity contribution in [2.75, 3.05) is 52.6 Å². The first-order chi connectivity index (χ1) is 18.5. The molecule has 0 N–H and O–H groups in total. The molecule has 38 heavy (non-hydrogen) atoms. The fourth-order valence-electron chi connectivity index (χ4n) is 3.94. The first kappa shape index (κ1) is 39.8. The Hall–Kier alpha value is -0.300. The van der Waals surface area contributed by atoms with E-state index in [9.17, 15) is 0 Å². The summed E-state index contributed by atoms with van der Waals surface area (Å²) in [6, 6.07) is 0. The van der Waals surface area contributed by atoms with Gasteiger partial charge in [0, 0.05) is 26.2 Å². The van der Waals surface area contributed by atoms with Crippen LogP contribution >= 0.6 is 24.4 Å². The number of thiocarbonyl (C=S) groups is 2. The highest BCUT2D eigenvalue weighted by Crippen LogP contribution is 2.07. The maximum Gasteiger partial charge on any atom is 0.104 e. The lowest BCUT2D eigenvalue weighted by atomic mass is 10.1. The normalized spacial score (nSPS) is 10.7. The lowest BCUT2D eigenvalue weighted by Crippen LogP contribution is -2.35. The van der Waals surface area contributed by atoms with Crippen LogP contribution in [0.25, 0.3) is 0 Å². The molecule has 0 bridgehead atoms. The van der Waals surface area contributed by atoms with Crippen LogP contribution in [0.2, 0.25) is 0 Å². The van der Waals surface area contributed by atoms with Crippen LogP contribution in [0.4, 0.5) is 0 Å². The van der Waals surface area contributed by atoms with Crippen molar-refractivity contribution in [3.63, 3.8) is 0 Å². The average Bonchev–Trinajstić information content (AvgIpc) is 2.92. The Kier molecular flexibility index (Phi) is 34.5. The van der Waals surface area contributed by atoms with Gasteiger partial charge < -0.3 is 19.3 Å². The monoisotopic (exact) mass is 574 g/mol. The lowest BCUT2D eigenvalue weighted by Gasteiger charge is -2.25. The molecule has 0 rings (SSSR count). The maximum atomic E-state index is 5.74. The summed E-state index contributed by atoms with van der Waals surface area (Å²) in [4.78, 5) is 6.44. The predicted molar refractivity (Wildman–Crippen MR) is 178 cm³/mol. The van der Waals surface area contributed by atoms with Crippen molar-refractivity contribution < 1.29 is 9.47 Å². The number of nitrogens with zero attached hydrogens (tertiary/aromatic N) is 2. The summed E-state index contributed by atoms with van der Waals surface area (Å²) in [6.07, 6.45) is 20.9. The molecule has 0 heterocycles. The molecule has 0 amide bonds. The van der Waals surface area contributed by atoms with Crippen LogP contribution in [0.5, 0.6) is 0 Å². The maximum absolute atomic E-state index is 5.74. The molecule has 0 fully saturated rings. The summed E-state index contributed by atoms with van der Waals surface area (Å²) >= 11 is 11.1. The van der Waals surface area contributed by atoms with E-state index in [-0.39, 0.29) is 0 Å². The minimum Gasteiger partial charge on any atom is -0.372 e. The molecular formula is C32H66N2O2S2. The van der Waals surface area contributed by atoms with Gasteiger partial charge in [0.25, 0.3) is 0 Å². The van der Waals surface area contributed by atoms with Gasteiger partial charge in [-0.2, -0.15) is 0 Å². The van der Waals surface area contributed by atoms with Gasteiger partial charge in [0.15, 0.2) is 0 Å². The summed E-state index contributed by atoms with van der Waals surface area (Å²) < 4.78 is 11.5. The van der Waals surface area contributed by atoms with Crippen LogP contribution in [0, 0.1) is 0 Å². The molecule has 0 aliphatic carbocycles. The van der Waals surface area contributed by atoms with Crippen molar-refractivity contribution >= 4 is 34.4 Å². The second-order valence-corrected chi connectivity index (χ2v) is 11.3. The van der Waals surface area contributed by atoms with Crippen LogP contribution in [-0.4, -0.2) is 72.4 Å². The van der Waals surface area contributed by atoms with Gasteiger partial charge in [-0.15, -0.1) is 0 Å². The zero-order valence-electron chi connectivity index (χ0n) is 26.5. The minimum atomic E-state index is 0.510. The second kappa shape index (κ2) is 32.9. The molecule has 0 atom stereocenters. The van der Waals surface area contributed by atoms with Gasteiger partial charge in [0.05, 0.1) is 26.4 Å². The van der Waals surface area contributed by atoms with E-state index in [2.05, 4.69) is 51.3 Å². The topological polar surface area (TPSA) is 24.9 Å². The zero-order chi connectivity index (χ0) is 28.7. The van der Waals surface area contributed by atoms with E-state index in [4.69, 9.17) is 33.9 Å². The van der Waals surface area contributed by atoms with Crippen molar-refractivity contribution in [1.29, 1.82) is 0 Å². The molecule has 4 nitrogen and oxygen atoms in total. The molecule has 0 aromatic heterocycles. The van der Waals surface area contributed by atoms with Crippen LogP contribution in [0.1, 0.15) is 144 Å². The standard InChI is InChI=1S/C22H44N2O2S2.C10H22/c1-5-9-13-23(14-10-6-2)21(27)19-25-17-18-26-20-22(28)24(15-11-7-3)16-12-8-4;1-3-5-7-9-10-8-6-4-2/h5-20H2,1-4H3;3-10H2,1-2H3. The van der Waals surface area contributed by atoms with E-state index in [1.165, 1.54) is 103 Å². The van der Waals surface area contributed by atoms with E-state index in [0.717, 1.165) is 36.2 Å². The van der Waals surface area contributed by atoms with Crippen LogP contribution < -0.4 is 0 Å². The van der Waals surface area contributed by atoms with E-state index in [1.807, 2.05) is 0 Å². The number of rotatable bonds is 26. The van der Waals surface area contributed by atoms with E-state index in [0.29, 0.717) is 26.4 Å². The molecule has 0 unspecified atom stereocenters. The lowest BCUT2D eigenvalue weighted by molar-refractivity contribution is 0.0746. The van der Waals surface area contributed by atoms with Crippen LogP contribution in [0.15, 0.2) is 0 Å². The number of hydrogen-bond acceptors (Lipinski definition) is 4. The van der Waals surface area contributed by atoms with Gasteiger partial charge in [0.1, 0.15) is 9.98 Å². The highest BCUT2D eigenvalue weighted by atomic mass is 32.1. The summed E-state index contributed by atoms with van der Waals surface area (Å²) in [5, 5.41) is 0. The van der Waals surface area contributed by atoms with Crippen molar-refractivity contribution in [2.45, 2.75) is 144 Å². The van der Waals surface area contributed by atoms with E-state index >= 15 is 0 Å². The Morgan fingerprint density at radius 3 is 0.947 bits per heavy atom. The first-order valence-corrected chi connectivity index (χ1v) is 17.0. The van der Waals surface area contributed by atoms with Gasteiger partial charge in [-0.1, -0.05) is 143 Å². The second-order valence-electron chi connectivity index (χ2n) is 10.4. The van der Waals surface area contributed by atoms with Crippen molar-refractivity contribution in [1.82, 2.24) is 9.80 Å². The molecule has 0 aliphatic rings. The molecule has 0 saturated carbocycles. The van der Waals surface area contributed by atoms with Crippen molar-refractivity contribution in [3.8, 4) is 0 Å². The Bertz CT molecular complexity index is 446. The van der Waals surface area contributed by atoms with Gasteiger partial charge in [-0.3, -0.25) is 0 Å². The number of ether oxygens (including phenoxy) is 2. The third kappa shape index (κ3) is 27.3. The van der Waals surface area contributed by atoms with Gasteiger partial charge in [0.2, 0.25) is 0 Å². The SMILES string of the molecule is CCCCCCCCCC.CCCCN(CCCC)C(=S)COCCOCC(=S)N(CCCC)CCCC.